The second-order valence-electron chi connectivity index (χ2n) is 6.86. The van der Waals surface area contributed by atoms with E-state index in [4.69, 9.17) is 16.7 Å². The van der Waals surface area contributed by atoms with E-state index in [-0.39, 0.29) is 29.7 Å². The van der Waals surface area contributed by atoms with Crippen molar-refractivity contribution >= 4 is 34.9 Å². The summed E-state index contributed by atoms with van der Waals surface area (Å²) in [5.41, 5.74) is 1.25. The van der Waals surface area contributed by atoms with Gasteiger partial charge in [-0.05, 0) is 68.4 Å². The van der Waals surface area contributed by atoms with Gasteiger partial charge >= 0.3 is 5.97 Å². The Balaban J connectivity index is 1.49. The van der Waals surface area contributed by atoms with Crippen molar-refractivity contribution in [2.45, 2.75) is 12.8 Å². The number of carboxylic acid groups (broad SMARTS) is 1. The Morgan fingerprint density at radius 1 is 1.04 bits per heavy atom. The summed E-state index contributed by atoms with van der Waals surface area (Å²) in [5.74, 6) is -1.17. The van der Waals surface area contributed by atoms with Gasteiger partial charge in [0, 0.05) is 22.2 Å². The van der Waals surface area contributed by atoms with E-state index in [0.717, 1.165) is 0 Å². The topological polar surface area (TPSA) is 86.7 Å². The molecule has 1 saturated heterocycles. The molecule has 1 aliphatic rings. The molecular weight excluding hydrogens is 380 g/mol. The smallest absolute Gasteiger partial charge is 0.335 e. The summed E-state index contributed by atoms with van der Waals surface area (Å²) in [4.78, 5) is 37.8. The highest BCUT2D eigenvalue weighted by atomic mass is 35.5. The van der Waals surface area contributed by atoms with Crippen LogP contribution in [0.2, 0.25) is 5.02 Å². The van der Waals surface area contributed by atoms with E-state index < -0.39 is 5.97 Å². The molecule has 0 aliphatic carbocycles. The zero-order chi connectivity index (χ0) is 20.1. The zero-order valence-electron chi connectivity index (χ0n) is 15.2. The third-order valence-electron chi connectivity index (χ3n) is 4.85. The van der Waals surface area contributed by atoms with Crippen molar-refractivity contribution in [3.8, 4) is 0 Å². The van der Waals surface area contributed by atoms with Crippen LogP contribution in [0.3, 0.4) is 0 Å². The van der Waals surface area contributed by atoms with Crippen molar-refractivity contribution in [1.82, 2.24) is 4.90 Å². The Labute approximate surface area is 168 Å². The van der Waals surface area contributed by atoms with Crippen LogP contribution in [-0.4, -0.2) is 47.3 Å². The number of amides is 1. The minimum absolute atomic E-state index is 0.0484. The Morgan fingerprint density at radius 3 is 2.36 bits per heavy atom. The molecule has 1 fully saturated rings. The number of ketones is 1. The average Bonchev–Trinajstić information content (AvgIpc) is 2.68. The maximum Gasteiger partial charge on any atom is 0.335 e. The van der Waals surface area contributed by atoms with Crippen LogP contribution in [0.5, 0.6) is 0 Å². The van der Waals surface area contributed by atoms with E-state index in [1.165, 1.54) is 12.1 Å². The lowest BCUT2D eigenvalue weighted by molar-refractivity contribution is -0.117. The van der Waals surface area contributed by atoms with Crippen molar-refractivity contribution in [2.75, 3.05) is 25.0 Å². The first-order valence-corrected chi connectivity index (χ1v) is 9.45. The number of hydrogen-bond donors (Lipinski definition) is 2. The molecule has 28 heavy (non-hydrogen) atoms. The average molecular weight is 401 g/mol. The first-order chi connectivity index (χ1) is 13.4. The van der Waals surface area contributed by atoms with Gasteiger partial charge < -0.3 is 10.4 Å². The van der Waals surface area contributed by atoms with Crippen LogP contribution in [0, 0.1) is 5.92 Å². The van der Waals surface area contributed by atoms with E-state index in [2.05, 4.69) is 5.32 Å². The summed E-state index contributed by atoms with van der Waals surface area (Å²) >= 11 is 5.87. The molecule has 6 nitrogen and oxygen atoms in total. The molecule has 2 aromatic rings. The number of piperidine rings is 1. The van der Waals surface area contributed by atoms with Crippen LogP contribution in [-0.2, 0) is 4.79 Å². The molecular formula is C21H21ClN2O4. The Kier molecular flexibility index (Phi) is 6.44. The van der Waals surface area contributed by atoms with Crippen LogP contribution >= 0.6 is 11.6 Å². The van der Waals surface area contributed by atoms with Crippen LogP contribution in [0.25, 0.3) is 0 Å². The van der Waals surface area contributed by atoms with E-state index in [0.29, 0.717) is 42.2 Å². The summed E-state index contributed by atoms with van der Waals surface area (Å²) in [6.07, 6.45) is 1.40. The number of aromatic carboxylic acids is 1. The molecule has 0 unspecified atom stereocenters. The number of Topliss-reactive ketones (excluding diaryl/α,β-unsaturated/α-hetero) is 1. The van der Waals surface area contributed by atoms with Gasteiger partial charge in [-0.1, -0.05) is 17.7 Å². The highest BCUT2D eigenvalue weighted by Crippen LogP contribution is 2.23. The lowest BCUT2D eigenvalue weighted by atomic mass is 9.89. The number of nitrogens with zero attached hydrogens (tertiary/aromatic N) is 1. The molecule has 146 valence electrons. The number of benzene rings is 2. The number of hydrogen-bond acceptors (Lipinski definition) is 4. The molecule has 0 aromatic heterocycles. The van der Waals surface area contributed by atoms with E-state index in [9.17, 15) is 14.4 Å². The standard InChI is InChI=1S/C21H21ClN2O4/c22-17-6-4-14(5-7-17)20(26)15-8-10-24(11-9-15)13-19(25)23-18-3-1-2-16(12-18)21(27)28/h1-7,12,15H,8-11,13H2,(H,23,25)(H,27,28). The number of carbonyl (C=O) groups is 3. The van der Waals surface area contributed by atoms with Crippen LogP contribution in [0.4, 0.5) is 5.69 Å². The quantitative estimate of drug-likeness (QED) is 0.724. The van der Waals surface area contributed by atoms with Crippen molar-refractivity contribution in [1.29, 1.82) is 0 Å². The van der Waals surface area contributed by atoms with Crippen LogP contribution in [0.15, 0.2) is 48.5 Å². The highest BCUT2D eigenvalue weighted by molar-refractivity contribution is 6.30. The first-order valence-electron chi connectivity index (χ1n) is 9.08. The second kappa shape index (κ2) is 8.99. The SMILES string of the molecule is O=C(CN1CCC(C(=O)c2ccc(Cl)cc2)CC1)Nc1cccc(C(=O)O)c1. The molecule has 0 atom stereocenters. The Bertz CT molecular complexity index is 874. The first kappa shape index (κ1) is 20.0. The summed E-state index contributed by atoms with van der Waals surface area (Å²) in [7, 11) is 0. The normalized spacial score (nSPS) is 15.2. The van der Waals surface area contributed by atoms with Gasteiger partial charge in [-0.2, -0.15) is 0 Å². The monoisotopic (exact) mass is 400 g/mol. The molecule has 1 heterocycles. The van der Waals surface area contributed by atoms with Crippen LogP contribution < -0.4 is 5.32 Å². The molecule has 2 aromatic carbocycles. The van der Waals surface area contributed by atoms with Crippen molar-refractivity contribution in [3.05, 3.63) is 64.7 Å². The summed E-state index contributed by atoms with van der Waals surface area (Å²) in [6.45, 7) is 1.53. The fourth-order valence-electron chi connectivity index (χ4n) is 3.34. The molecule has 0 saturated carbocycles. The molecule has 2 N–H and O–H groups in total. The predicted octanol–water partition coefficient (Wildman–Crippen LogP) is 3.57. The summed E-state index contributed by atoms with van der Waals surface area (Å²) in [5, 5.41) is 12.3. The third kappa shape index (κ3) is 5.18. The maximum atomic E-state index is 12.6. The fourth-order valence-corrected chi connectivity index (χ4v) is 3.46. The van der Waals surface area contributed by atoms with Gasteiger partial charge in [0.1, 0.15) is 0 Å². The van der Waals surface area contributed by atoms with E-state index in [1.807, 2.05) is 4.90 Å². The van der Waals surface area contributed by atoms with E-state index in [1.54, 1.807) is 36.4 Å². The van der Waals surface area contributed by atoms with Crippen LogP contribution in [0.1, 0.15) is 33.6 Å². The highest BCUT2D eigenvalue weighted by Gasteiger charge is 2.26. The van der Waals surface area contributed by atoms with Gasteiger partial charge in [0.15, 0.2) is 5.78 Å². The van der Waals surface area contributed by atoms with Crippen molar-refractivity contribution in [3.63, 3.8) is 0 Å². The lowest BCUT2D eigenvalue weighted by Crippen LogP contribution is -2.40. The molecule has 0 spiro atoms. The van der Waals surface area contributed by atoms with E-state index >= 15 is 0 Å². The maximum absolute atomic E-state index is 12.6. The Morgan fingerprint density at radius 2 is 1.71 bits per heavy atom. The molecule has 7 heteroatoms. The second-order valence-corrected chi connectivity index (χ2v) is 7.29. The van der Waals surface area contributed by atoms with Gasteiger partial charge in [-0.25, -0.2) is 4.79 Å². The number of carbonyl (C=O) groups excluding carboxylic acids is 2. The number of halogens is 1. The summed E-state index contributed by atoms with van der Waals surface area (Å²) < 4.78 is 0. The predicted molar refractivity (Wildman–Crippen MR) is 107 cm³/mol. The third-order valence-corrected chi connectivity index (χ3v) is 5.10. The lowest BCUT2D eigenvalue weighted by Gasteiger charge is -2.30. The minimum Gasteiger partial charge on any atom is -0.478 e. The zero-order valence-corrected chi connectivity index (χ0v) is 16.0. The number of rotatable bonds is 6. The van der Waals surface area contributed by atoms with Crippen molar-refractivity contribution in [2.24, 2.45) is 5.92 Å². The number of likely N-dealkylation sites (tertiary alicyclic amines) is 1. The Hall–Kier alpha value is -2.70. The van der Waals surface area contributed by atoms with Gasteiger partial charge in [0.2, 0.25) is 5.91 Å². The largest absolute Gasteiger partial charge is 0.478 e. The minimum atomic E-state index is -1.04. The fraction of sp³-hybridized carbons (Fsp3) is 0.286. The van der Waals surface area contributed by atoms with Crippen molar-refractivity contribution < 1.29 is 19.5 Å². The van der Waals surface area contributed by atoms with Gasteiger partial charge in [-0.15, -0.1) is 0 Å². The molecule has 3 rings (SSSR count). The molecule has 0 bridgehead atoms. The number of nitrogens with one attached hydrogen (secondary N) is 1. The molecule has 0 radical (unpaired) electrons. The molecule has 1 amide bonds. The van der Waals surface area contributed by atoms with Gasteiger partial charge in [0.05, 0.1) is 12.1 Å². The van der Waals surface area contributed by atoms with Gasteiger partial charge in [-0.3, -0.25) is 14.5 Å². The number of carboxylic acids is 1. The summed E-state index contributed by atoms with van der Waals surface area (Å²) in [6, 6.07) is 13.1. The molecule has 1 aliphatic heterocycles. The van der Waals surface area contributed by atoms with Gasteiger partial charge in [0.25, 0.3) is 0 Å². The number of anilines is 1.